The zero-order valence-electron chi connectivity index (χ0n) is 18.8. The van der Waals surface area contributed by atoms with Crippen LogP contribution in [0.2, 0.25) is 0 Å². The van der Waals surface area contributed by atoms with E-state index in [1.807, 2.05) is 55.5 Å². The predicted octanol–water partition coefficient (Wildman–Crippen LogP) is 5.89. The Kier molecular flexibility index (Phi) is 7.92. The monoisotopic (exact) mass is 427 g/mol. The summed E-state index contributed by atoms with van der Waals surface area (Å²) < 4.78 is 0. The second-order valence-electron chi connectivity index (χ2n) is 8.08. The highest BCUT2D eigenvalue weighted by Crippen LogP contribution is 2.23. The fourth-order valence-electron chi connectivity index (χ4n) is 3.31. The van der Waals surface area contributed by atoms with E-state index in [4.69, 9.17) is 0 Å². The highest BCUT2D eigenvalue weighted by atomic mass is 16.2. The van der Waals surface area contributed by atoms with Crippen molar-refractivity contribution in [2.24, 2.45) is 5.10 Å². The smallest absolute Gasteiger partial charge is 0.240 e. The van der Waals surface area contributed by atoms with Crippen LogP contribution in [-0.2, 0) is 9.59 Å². The Morgan fingerprint density at radius 2 is 1.59 bits per heavy atom. The Morgan fingerprint density at radius 3 is 2.34 bits per heavy atom. The van der Waals surface area contributed by atoms with Gasteiger partial charge in [-0.1, -0.05) is 80.6 Å². The molecule has 2 N–H and O–H groups in total. The molecule has 3 aromatic carbocycles. The first kappa shape index (κ1) is 22.9. The summed E-state index contributed by atoms with van der Waals surface area (Å²) in [5.41, 5.74) is 6.51. The molecule has 0 aliphatic rings. The Bertz CT molecular complexity index is 1140. The van der Waals surface area contributed by atoms with Crippen molar-refractivity contribution in [2.75, 3.05) is 5.32 Å². The molecule has 5 nitrogen and oxygen atoms in total. The zero-order chi connectivity index (χ0) is 22.9. The van der Waals surface area contributed by atoms with Crippen LogP contribution in [0.5, 0.6) is 0 Å². The number of hydrazone groups is 1. The minimum atomic E-state index is -0.302. The number of nitrogens with one attached hydrogen (secondary N) is 2. The second-order valence-corrected chi connectivity index (χ2v) is 8.08. The zero-order valence-corrected chi connectivity index (χ0v) is 18.8. The van der Waals surface area contributed by atoms with Crippen LogP contribution in [0.25, 0.3) is 16.8 Å². The van der Waals surface area contributed by atoms with Crippen molar-refractivity contribution in [3.05, 3.63) is 83.4 Å². The first-order valence-corrected chi connectivity index (χ1v) is 10.8. The van der Waals surface area contributed by atoms with Crippen molar-refractivity contribution < 1.29 is 9.59 Å². The Morgan fingerprint density at radius 1 is 0.906 bits per heavy atom. The van der Waals surface area contributed by atoms with Crippen LogP contribution in [0.15, 0.2) is 77.4 Å². The molecule has 0 saturated carbocycles. The maximum Gasteiger partial charge on any atom is 0.240 e. The molecule has 0 spiro atoms. The third-order valence-corrected chi connectivity index (χ3v) is 5.10. The number of hydrogen-bond acceptors (Lipinski definition) is 3. The van der Waals surface area contributed by atoms with E-state index in [1.54, 1.807) is 6.21 Å². The number of anilines is 1. The van der Waals surface area contributed by atoms with Crippen molar-refractivity contribution >= 4 is 40.6 Å². The van der Waals surface area contributed by atoms with Gasteiger partial charge in [-0.05, 0) is 41.0 Å². The van der Waals surface area contributed by atoms with Gasteiger partial charge in [-0.3, -0.25) is 9.59 Å². The molecule has 0 heterocycles. The average Bonchev–Trinajstić information content (AvgIpc) is 2.78. The number of fused-ring (bicyclic) bond motifs is 1. The Balaban J connectivity index is 1.46. The lowest BCUT2D eigenvalue weighted by molar-refractivity contribution is -0.124. The summed E-state index contributed by atoms with van der Waals surface area (Å²) in [6, 6.07) is 22.0. The molecule has 3 rings (SSSR count). The third kappa shape index (κ3) is 6.64. The van der Waals surface area contributed by atoms with Gasteiger partial charge in [-0.15, -0.1) is 0 Å². The van der Waals surface area contributed by atoms with Crippen molar-refractivity contribution in [1.29, 1.82) is 0 Å². The van der Waals surface area contributed by atoms with Gasteiger partial charge in [0.05, 0.1) is 6.21 Å². The van der Waals surface area contributed by atoms with E-state index in [9.17, 15) is 9.59 Å². The maximum absolute atomic E-state index is 12.3. The fraction of sp³-hybridized carbons (Fsp3) is 0.222. The van der Waals surface area contributed by atoms with Gasteiger partial charge in [-0.2, -0.15) is 5.10 Å². The number of allylic oxidation sites excluding steroid dienone is 1. The number of carbonyl (C=O) groups excluding carboxylic acids is 2. The van der Waals surface area contributed by atoms with Crippen molar-refractivity contribution in [3.8, 4) is 0 Å². The number of benzene rings is 3. The van der Waals surface area contributed by atoms with Crippen LogP contribution in [0, 0.1) is 0 Å². The average molecular weight is 428 g/mol. The molecular formula is C27H29N3O2. The van der Waals surface area contributed by atoms with Gasteiger partial charge in [-0.25, -0.2) is 5.43 Å². The SMILES string of the molecule is C/C(C=NNC(=O)CCC(=O)Nc1cccc2ccccc12)=C/c1ccc(C(C)C)cc1. The van der Waals surface area contributed by atoms with Crippen molar-refractivity contribution in [3.63, 3.8) is 0 Å². The molecular weight excluding hydrogens is 398 g/mol. The standard InChI is InChI=1S/C27H29N3O2/c1-19(2)22-13-11-21(12-14-22)17-20(3)18-28-30-27(32)16-15-26(31)29-25-10-6-8-23-7-4-5-9-24(23)25/h4-14,17-19H,15-16H2,1-3H3,(H,29,31)(H,30,32)/b20-17-,28-18?. The normalized spacial score (nSPS) is 11.8. The topological polar surface area (TPSA) is 70.6 Å². The first-order valence-electron chi connectivity index (χ1n) is 10.8. The molecule has 5 heteroatoms. The molecule has 0 fully saturated rings. The number of hydrogen-bond donors (Lipinski definition) is 2. The predicted molar refractivity (Wildman–Crippen MR) is 133 cm³/mol. The van der Waals surface area contributed by atoms with E-state index in [2.05, 4.69) is 54.0 Å². The molecule has 0 aliphatic heterocycles. The van der Waals surface area contributed by atoms with E-state index in [1.165, 1.54) is 5.56 Å². The number of rotatable bonds is 8. The van der Waals surface area contributed by atoms with Gasteiger partial charge in [0, 0.05) is 23.9 Å². The molecule has 0 aromatic heterocycles. The van der Waals surface area contributed by atoms with Crippen LogP contribution in [0.1, 0.15) is 50.7 Å². The van der Waals surface area contributed by atoms with Gasteiger partial charge in [0.25, 0.3) is 0 Å². The summed E-state index contributed by atoms with van der Waals surface area (Å²) in [4.78, 5) is 24.3. The number of amides is 2. The van der Waals surface area contributed by atoms with E-state index < -0.39 is 0 Å². The molecule has 0 aliphatic carbocycles. The lowest BCUT2D eigenvalue weighted by Crippen LogP contribution is -2.20. The van der Waals surface area contributed by atoms with Gasteiger partial charge in [0.2, 0.25) is 11.8 Å². The van der Waals surface area contributed by atoms with Crippen LogP contribution in [0.3, 0.4) is 0 Å². The summed E-state index contributed by atoms with van der Waals surface area (Å²) >= 11 is 0. The van der Waals surface area contributed by atoms with Crippen LogP contribution in [-0.4, -0.2) is 18.0 Å². The van der Waals surface area contributed by atoms with Gasteiger partial charge in [0.1, 0.15) is 0 Å². The second kappa shape index (κ2) is 11.0. The summed E-state index contributed by atoms with van der Waals surface area (Å²) in [6.45, 7) is 6.25. The third-order valence-electron chi connectivity index (χ3n) is 5.10. The Hall–Kier alpha value is -3.73. The summed E-state index contributed by atoms with van der Waals surface area (Å²) in [6.07, 6.45) is 3.75. The van der Waals surface area contributed by atoms with Crippen LogP contribution in [0.4, 0.5) is 5.69 Å². The molecule has 0 radical (unpaired) electrons. The van der Waals surface area contributed by atoms with Gasteiger partial charge in [0.15, 0.2) is 0 Å². The van der Waals surface area contributed by atoms with Gasteiger partial charge >= 0.3 is 0 Å². The molecule has 164 valence electrons. The minimum absolute atomic E-state index is 0.0629. The highest BCUT2D eigenvalue weighted by molar-refractivity contribution is 6.02. The molecule has 0 saturated heterocycles. The van der Waals surface area contributed by atoms with E-state index in [0.29, 0.717) is 5.92 Å². The quantitative estimate of drug-likeness (QED) is 0.348. The molecule has 3 aromatic rings. The molecule has 2 amide bonds. The van der Waals surface area contributed by atoms with Gasteiger partial charge < -0.3 is 5.32 Å². The summed E-state index contributed by atoms with van der Waals surface area (Å²) in [7, 11) is 0. The Labute approximate surface area is 189 Å². The molecule has 0 unspecified atom stereocenters. The number of carbonyl (C=O) groups is 2. The highest BCUT2D eigenvalue weighted by Gasteiger charge is 2.08. The van der Waals surface area contributed by atoms with Crippen LogP contribution < -0.4 is 10.7 Å². The molecule has 0 atom stereocenters. The largest absolute Gasteiger partial charge is 0.326 e. The van der Waals surface area contributed by atoms with Crippen LogP contribution >= 0.6 is 0 Å². The molecule has 0 bridgehead atoms. The maximum atomic E-state index is 12.3. The summed E-state index contributed by atoms with van der Waals surface area (Å²) in [5, 5.41) is 8.90. The minimum Gasteiger partial charge on any atom is -0.326 e. The summed E-state index contributed by atoms with van der Waals surface area (Å²) in [5.74, 6) is -0.00942. The molecule has 32 heavy (non-hydrogen) atoms. The van der Waals surface area contributed by atoms with E-state index in [0.717, 1.165) is 27.6 Å². The lowest BCUT2D eigenvalue weighted by Gasteiger charge is -2.08. The van der Waals surface area contributed by atoms with Crippen molar-refractivity contribution in [1.82, 2.24) is 5.43 Å². The fourth-order valence-corrected chi connectivity index (χ4v) is 3.31. The van der Waals surface area contributed by atoms with E-state index >= 15 is 0 Å². The van der Waals surface area contributed by atoms with E-state index in [-0.39, 0.29) is 24.7 Å². The van der Waals surface area contributed by atoms with Crippen molar-refractivity contribution in [2.45, 2.75) is 39.5 Å². The first-order chi connectivity index (χ1) is 15.4. The number of nitrogens with zero attached hydrogens (tertiary/aromatic N) is 1. The lowest BCUT2D eigenvalue weighted by atomic mass is 10.0.